The number of rotatable bonds is 0. The van der Waals surface area contributed by atoms with Crippen molar-refractivity contribution >= 4 is 6.40 Å². The van der Waals surface area contributed by atoms with E-state index in [-0.39, 0.29) is 12.4 Å². The van der Waals surface area contributed by atoms with Crippen molar-refractivity contribution in [1.29, 1.82) is 0 Å². The standard InChI is InChI=1S/C4H5NO2/c6-4-1-5-3-7-2-4/h1,3,6H,2H2. The maximum atomic E-state index is 8.53. The lowest BCUT2D eigenvalue weighted by molar-refractivity contribution is 0.262. The number of hydrogen-bond acceptors (Lipinski definition) is 3. The van der Waals surface area contributed by atoms with Crippen LogP contribution in [0.15, 0.2) is 17.0 Å². The zero-order chi connectivity index (χ0) is 5.11. The highest BCUT2D eigenvalue weighted by Gasteiger charge is 1.92. The molecule has 0 aromatic carbocycles. The molecule has 38 valence electrons. The minimum Gasteiger partial charge on any atom is -0.507 e. The second-order valence-electron chi connectivity index (χ2n) is 1.19. The van der Waals surface area contributed by atoms with Crippen LogP contribution in [0.1, 0.15) is 0 Å². The predicted molar refractivity (Wildman–Crippen MR) is 25.2 cm³/mol. The van der Waals surface area contributed by atoms with E-state index in [1.165, 1.54) is 12.6 Å². The van der Waals surface area contributed by atoms with Crippen molar-refractivity contribution in [2.75, 3.05) is 6.61 Å². The van der Waals surface area contributed by atoms with Crippen LogP contribution in [0.5, 0.6) is 0 Å². The van der Waals surface area contributed by atoms with E-state index in [1.807, 2.05) is 0 Å². The molecule has 0 spiro atoms. The van der Waals surface area contributed by atoms with Gasteiger partial charge in [0.05, 0.1) is 6.20 Å². The number of nitrogens with zero attached hydrogens (tertiary/aromatic N) is 1. The van der Waals surface area contributed by atoms with Gasteiger partial charge in [0.15, 0.2) is 6.40 Å². The van der Waals surface area contributed by atoms with Gasteiger partial charge in [-0.25, -0.2) is 4.99 Å². The average molecular weight is 99.1 g/mol. The third-order valence-electron chi connectivity index (χ3n) is 0.590. The van der Waals surface area contributed by atoms with Crippen LogP contribution in [0.2, 0.25) is 0 Å². The van der Waals surface area contributed by atoms with Crippen LogP contribution in [0.25, 0.3) is 0 Å². The van der Waals surface area contributed by atoms with Gasteiger partial charge in [0.1, 0.15) is 12.4 Å². The van der Waals surface area contributed by atoms with Gasteiger partial charge >= 0.3 is 0 Å². The van der Waals surface area contributed by atoms with Gasteiger partial charge in [-0.3, -0.25) is 0 Å². The Kier molecular flexibility index (Phi) is 0.978. The monoisotopic (exact) mass is 99.0 g/mol. The summed E-state index contributed by atoms with van der Waals surface area (Å²) in [5, 5.41) is 8.53. The van der Waals surface area contributed by atoms with E-state index in [0.29, 0.717) is 0 Å². The van der Waals surface area contributed by atoms with Crippen molar-refractivity contribution < 1.29 is 9.84 Å². The first-order chi connectivity index (χ1) is 3.39. The Bertz CT molecular complexity index is 117. The molecule has 0 aromatic heterocycles. The molecule has 0 saturated heterocycles. The quantitative estimate of drug-likeness (QED) is 0.479. The molecule has 0 unspecified atom stereocenters. The van der Waals surface area contributed by atoms with E-state index in [0.717, 1.165) is 0 Å². The largest absolute Gasteiger partial charge is 0.507 e. The van der Waals surface area contributed by atoms with Gasteiger partial charge in [0.25, 0.3) is 0 Å². The number of aliphatic imine (C=N–C) groups is 1. The first-order valence-electron chi connectivity index (χ1n) is 1.91. The normalized spacial score (nSPS) is 18.0. The fourth-order valence-electron chi connectivity index (χ4n) is 0.319. The second-order valence-corrected chi connectivity index (χ2v) is 1.19. The molecule has 3 nitrogen and oxygen atoms in total. The molecule has 0 atom stereocenters. The topological polar surface area (TPSA) is 41.8 Å². The van der Waals surface area contributed by atoms with Gasteiger partial charge in [0.2, 0.25) is 0 Å². The van der Waals surface area contributed by atoms with Gasteiger partial charge in [0, 0.05) is 0 Å². The first kappa shape index (κ1) is 4.18. The smallest absolute Gasteiger partial charge is 0.174 e. The number of aliphatic hydroxyl groups is 1. The molecular weight excluding hydrogens is 94.0 g/mol. The molecule has 7 heavy (non-hydrogen) atoms. The van der Waals surface area contributed by atoms with Crippen LogP contribution in [0, 0.1) is 0 Å². The van der Waals surface area contributed by atoms with Crippen LogP contribution in [-0.4, -0.2) is 18.1 Å². The molecule has 1 rings (SSSR count). The summed E-state index contributed by atoms with van der Waals surface area (Å²) in [6.45, 7) is 0.253. The molecule has 1 aliphatic heterocycles. The molecular formula is C4H5NO2. The van der Waals surface area contributed by atoms with Crippen LogP contribution in [-0.2, 0) is 4.74 Å². The molecule has 0 amide bonds. The number of ether oxygens (including phenoxy) is 1. The summed E-state index contributed by atoms with van der Waals surface area (Å²) in [5.41, 5.74) is 0. The van der Waals surface area contributed by atoms with Crippen molar-refractivity contribution in [2.24, 2.45) is 4.99 Å². The third kappa shape index (κ3) is 0.924. The molecule has 0 bridgehead atoms. The van der Waals surface area contributed by atoms with Crippen molar-refractivity contribution in [3.63, 3.8) is 0 Å². The number of aliphatic hydroxyl groups excluding tert-OH is 1. The van der Waals surface area contributed by atoms with Gasteiger partial charge < -0.3 is 9.84 Å². The van der Waals surface area contributed by atoms with Gasteiger partial charge in [-0.05, 0) is 0 Å². The summed E-state index contributed by atoms with van der Waals surface area (Å²) in [6.07, 6.45) is 2.64. The van der Waals surface area contributed by atoms with Crippen LogP contribution in [0.4, 0.5) is 0 Å². The lowest BCUT2D eigenvalue weighted by Gasteiger charge is -2.00. The molecule has 0 radical (unpaired) electrons. The van der Waals surface area contributed by atoms with Gasteiger partial charge in [-0.2, -0.15) is 0 Å². The zero-order valence-electron chi connectivity index (χ0n) is 3.66. The second kappa shape index (κ2) is 1.64. The molecule has 0 saturated carbocycles. The van der Waals surface area contributed by atoms with E-state index < -0.39 is 0 Å². The van der Waals surface area contributed by atoms with Crippen LogP contribution >= 0.6 is 0 Å². The Morgan fingerprint density at radius 1 is 1.86 bits per heavy atom. The Hall–Kier alpha value is -0.990. The maximum absolute atomic E-state index is 8.53. The highest BCUT2D eigenvalue weighted by atomic mass is 16.5. The van der Waals surface area contributed by atoms with Crippen molar-refractivity contribution in [3.8, 4) is 0 Å². The van der Waals surface area contributed by atoms with Gasteiger partial charge in [-0.15, -0.1) is 0 Å². The summed E-state index contributed by atoms with van der Waals surface area (Å²) in [7, 11) is 0. The maximum Gasteiger partial charge on any atom is 0.174 e. The van der Waals surface area contributed by atoms with E-state index in [2.05, 4.69) is 9.73 Å². The lowest BCUT2D eigenvalue weighted by atomic mass is 10.6. The van der Waals surface area contributed by atoms with E-state index >= 15 is 0 Å². The van der Waals surface area contributed by atoms with Crippen molar-refractivity contribution in [2.45, 2.75) is 0 Å². The van der Waals surface area contributed by atoms with E-state index in [4.69, 9.17) is 5.11 Å². The highest BCUT2D eigenvalue weighted by molar-refractivity contribution is 5.49. The van der Waals surface area contributed by atoms with E-state index in [1.54, 1.807) is 0 Å². The summed E-state index contributed by atoms with van der Waals surface area (Å²) >= 11 is 0. The fraction of sp³-hybridized carbons (Fsp3) is 0.250. The van der Waals surface area contributed by atoms with E-state index in [9.17, 15) is 0 Å². The van der Waals surface area contributed by atoms with Crippen LogP contribution in [0.3, 0.4) is 0 Å². The summed E-state index contributed by atoms with van der Waals surface area (Å²) < 4.78 is 4.57. The Labute approximate surface area is 40.9 Å². The molecule has 0 fully saturated rings. The van der Waals surface area contributed by atoms with Crippen molar-refractivity contribution in [1.82, 2.24) is 0 Å². The third-order valence-corrected chi connectivity index (χ3v) is 0.590. The highest BCUT2D eigenvalue weighted by Crippen LogP contribution is 1.92. The first-order valence-corrected chi connectivity index (χ1v) is 1.91. The summed E-state index contributed by atoms with van der Waals surface area (Å²) in [4.78, 5) is 3.50. The lowest BCUT2D eigenvalue weighted by Crippen LogP contribution is -1.98. The van der Waals surface area contributed by atoms with Crippen molar-refractivity contribution in [3.05, 3.63) is 12.0 Å². The molecule has 1 heterocycles. The zero-order valence-corrected chi connectivity index (χ0v) is 3.66. The summed E-state index contributed by atoms with van der Waals surface area (Å²) in [6, 6.07) is 0. The van der Waals surface area contributed by atoms with Gasteiger partial charge in [-0.1, -0.05) is 0 Å². The molecule has 0 aromatic rings. The van der Waals surface area contributed by atoms with Crippen LogP contribution < -0.4 is 0 Å². The molecule has 3 heteroatoms. The minimum atomic E-state index is 0.169. The average Bonchev–Trinajstić information content (AvgIpc) is 1.69. The predicted octanol–water partition coefficient (Wildman–Crippen LogP) is 0.444. The number of hydrogen-bond donors (Lipinski definition) is 1. The molecule has 1 aliphatic rings. The fourth-order valence-corrected chi connectivity index (χ4v) is 0.319. The molecule has 1 N–H and O–H groups in total. The summed E-state index contributed by atoms with van der Waals surface area (Å²) in [5.74, 6) is 0.169. The minimum absolute atomic E-state index is 0.169. The SMILES string of the molecule is OC1=CN=COC1. The Balaban J connectivity index is 2.57. The molecule has 0 aliphatic carbocycles. The Morgan fingerprint density at radius 2 is 2.71 bits per heavy atom. The Morgan fingerprint density at radius 3 is 3.00 bits per heavy atom.